The van der Waals surface area contributed by atoms with Crippen LogP contribution in [0.25, 0.3) is 33.4 Å². The topological polar surface area (TPSA) is 3.24 Å². The first-order valence-electron chi connectivity index (χ1n) is 18.7. The predicted octanol–water partition coefficient (Wildman–Crippen LogP) is 13.5. The Bertz CT molecular complexity index is 2410. The van der Waals surface area contributed by atoms with E-state index in [0.717, 1.165) is 4.47 Å². The third kappa shape index (κ3) is 4.67. The van der Waals surface area contributed by atoms with Crippen LogP contribution in [0.1, 0.15) is 60.4 Å². The molecule has 2 atom stereocenters. The van der Waals surface area contributed by atoms with Crippen LogP contribution >= 0.6 is 15.9 Å². The average molecular weight is 735 g/mol. The van der Waals surface area contributed by atoms with Gasteiger partial charge in [-0.2, -0.15) is 0 Å². The number of rotatable bonds is 5. The Morgan fingerprint density at radius 1 is 0.519 bits per heavy atom. The van der Waals surface area contributed by atoms with Crippen molar-refractivity contribution < 1.29 is 0 Å². The zero-order valence-corrected chi connectivity index (χ0v) is 31.0. The van der Waals surface area contributed by atoms with E-state index in [2.05, 4.69) is 198 Å². The first-order valence-corrected chi connectivity index (χ1v) is 19.5. The monoisotopic (exact) mass is 733 g/mol. The maximum Gasteiger partial charge on any atom is 0.0714 e. The Kier molecular flexibility index (Phi) is 7.41. The summed E-state index contributed by atoms with van der Waals surface area (Å²) in [5.41, 5.74) is 16.9. The van der Waals surface area contributed by atoms with Crippen LogP contribution in [0.5, 0.6) is 0 Å². The molecule has 252 valence electrons. The highest BCUT2D eigenvalue weighted by Crippen LogP contribution is 2.59. The lowest BCUT2D eigenvalue weighted by Gasteiger charge is -2.41. The van der Waals surface area contributed by atoms with Crippen LogP contribution in [0.2, 0.25) is 0 Å². The summed E-state index contributed by atoms with van der Waals surface area (Å²) in [6.07, 6.45) is 4.94. The first-order chi connectivity index (χ1) is 25.6. The second-order valence-corrected chi connectivity index (χ2v) is 16.0. The van der Waals surface area contributed by atoms with E-state index >= 15 is 0 Å². The molecule has 2 aliphatic carbocycles. The summed E-state index contributed by atoms with van der Waals surface area (Å²) in [4.78, 5) is 2.72. The van der Waals surface area contributed by atoms with Gasteiger partial charge in [0.2, 0.25) is 0 Å². The summed E-state index contributed by atoms with van der Waals surface area (Å²) in [7, 11) is 0. The smallest absolute Gasteiger partial charge is 0.0714 e. The Morgan fingerprint density at radius 2 is 1.15 bits per heavy atom. The lowest BCUT2D eigenvalue weighted by Crippen LogP contribution is -2.43. The van der Waals surface area contributed by atoms with E-state index in [0.29, 0.717) is 6.04 Å². The minimum absolute atomic E-state index is 0.0742. The van der Waals surface area contributed by atoms with Crippen molar-refractivity contribution in [3.8, 4) is 33.4 Å². The number of hydrogen-bond acceptors (Lipinski definition) is 1. The summed E-state index contributed by atoms with van der Waals surface area (Å²) < 4.78 is 1.10. The molecule has 0 N–H and O–H groups in total. The minimum atomic E-state index is -0.410. The molecule has 1 aliphatic heterocycles. The molecule has 0 aromatic heterocycles. The van der Waals surface area contributed by atoms with Gasteiger partial charge in [-0.05, 0) is 117 Å². The number of halogens is 1. The van der Waals surface area contributed by atoms with Gasteiger partial charge in [0.15, 0.2) is 0 Å². The molecule has 0 radical (unpaired) electrons. The lowest BCUT2D eigenvalue weighted by atomic mass is 9.67. The molecule has 0 bridgehead atoms. The molecule has 52 heavy (non-hydrogen) atoms. The number of nitrogens with zero attached hydrogens (tertiary/aromatic N) is 1. The van der Waals surface area contributed by atoms with Crippen molar-refractivity contribution in [3.63, 3.8) is 0 Å². The van der Waals surface area contributed by atoms with Crippen molar-refractivity contribution in [2.45, 2.75) is 49.5 Å². The summed E-state index contributed by atoms with van der Waals surface area (Å²) in [6, 6.07) is 64.2. The quantitative estimate of drug-likeness (QED) is 0.170. The molecule has 7 aromatic carbocycles. The van der Waals surface area contributed by atoms with Crippen molar-refractivity contribution in [1.82, 2.24) is 0 Å². The highest BCUT2D eigenvalue weighted by atomic mass is 79.9. The van der Waals surface area contributed by atoms with Crippen LogP contribution in [0, 0.1) is 0 Å². The van der Waals surface area contributed by atoms with E-state index < -0.39 is 5.41 Å². The van der Waals surface area contributed by atoms with Crippen LogP contribution in [0.4, 0.5) is 11.4 Å². The fourth-order valence-electron chi connectivity index (χ4n) is 10.0. The summed E-state index contributed by atoms with van der Waals surface area (Å²) in [5, 5.41) is 0. The second-order valence-electron chi connectivity index (χ2n) is 15.1. The molecule has 1 fully saturated rings. The largest absolute Gasteiger partial charge is 0.337 e. The van der Waals surface area contributed by atoms with Gasteiger partial charge in [0.25, 0.3) is 0 Å². The van der Waals surface area contributed by atoms with Gasteiger partial charge in [-0.1, -0.05) is 163 Å². The fourth-order valence-corrected chi connectivity index (χ4v) is 10.3. The van der Waals surface area contributed by atoms with Gasteiger partial charge in [-0.15, -0.1) is 0 Å². The van der Waals surface area contributed by atoms with Crippen LogP contribution in [-0.2, 0) is 10.8 Å². The minimum Gasteiger partial charge on any atom is -0.337 e. The normalized spacial score (nSPS) is 19.4. The van der Waals surface area contributed by atoms with Crippen LogP contribution in [0.3, 0.4) is 0 Å². The standard InChI is InChI=1S/C50H40BrN/c1-49-30-11-10-21-48(49)52(47-29-24-37(32-46(47)49)36-14-12-13-35(31-36)34-22-25-40(51)26-23-34)41-27-28-43-42-19-8-9-20-44(42)50(45(43)33-41,38-15-4-2-5-16-38)39-17-6-3-7-18-39/h2-9,12-20,22-29,31-33,48H,10-11,21,30H2,1H3. The Balaban J connectivity index is 1.14. The molecular formula is C50H40BrN. The van der Waals surface area contributed by atoms with Gasteiger partial charge in [-0.3, -0.25) is 0 Å². The van der Waals surface area contributed by atoms with Crippen molar-refractivity contribution in [2.24, 2.45) is 0 Å². The maximum absolute atomic E-state index is 3.60. The average Bonchev–Trinajstić information content (AvgIpc) is 3.65. The van der Waals surface area contributed by atoms with Gasteiger partial charge in [-0.25, -0.2) is 0 Å². The molecule has 3 aliphatic rings. The first kappa shape index (κ1) is 31.5. The molecule has 1 saturated carbocycles. The van der Waals surface area contributed by atoms with Crippen LogP contribution < -0.4 is 4.90 Å². The molecular weight excluding hydrogens is 694 g/mol. The molecule has 7 aromatic rings. The van der Waals surface area contributed by atoms with Crippen LogP contribution in [0.15, 0.2) is 174 Å². The molecule has 10 rings (SSSR count). The van der Waals surface area contributed by atoms with Crippen molar-refractivity contribution in [1.29, 1.82) is 0 Å². The lowest BCUT2D eigenvalue weighted by molar-refractivity contribution is 0.290. The Hall–Kier alpha value is -5.18. The summed E-state index contributed by atoms with van der Waals surface area (Å²) in [5.74, 6) is 0. The summed E-state index contributed by atoms with van der Waals surface area (Å²) >= 11 is 3.60. The third-order valence-corrected chi connectivity index (χ3v) is 13.0. The summed E-state index contributed by atoms with van der Waals surface area (Å²) in [6.45, 7) is 2.54. The molecule has 0 spiro atoms. The maximum atomic E-state index is 3.60. The fraction of sp³-hybridized carbons (Fsp3) is 0.160. The number of anilines is 2. The highest BCUT2D eigenvalue weighted by molar-refractivity contribution is 9.10. The van der Waals surface area contributed by atoms with Crippen molar-refractivity contribution in [2.75, 3.05) is 4.90 Å². The van der Waals surface area contributed by atoms with E-state index in [1.54, 1.807) is 0 Å². The molecule has 1 heterocycles. The molecule has 2 heteroatoms. The van der Waals surface area contributed by atoms with Gasteiger partial charge in [0.1, 0.15) is 0 Å². The number of benzene rings is 7. The molecule has 0 amide bonds. The highest BCUT2D eigenvalue weighted by Gasteiger charge is 2.51. The van der Waals surface area contributed by atoms with Crippen molar-refractivity contribution in [3.05, 3.63) is 202 Å². The van der Waals surface area contributed by atoms with E-state index in [4.69, 9.17) is 0 Å². The van der Waals surface area contributed by atoms with Gasteiger partial charge in [0, 0.05) is 27.3 Å². The Labute approximate surface area is 315 Å². The third-order valence-electron chi connectivity index (χ3n) is 12.4. The second kappa shape index (κ2) is 12.2. The number of fused-ring (bicyclic) bond motifs is 6. The van der Waals surface area contributed by atoms with E-state index in [1.807, 2.05) is 0 Å². The van der Waals surface area contributed by atoms with E-state index in [1.165, 1.54) is 98.3 Å². The number of hydrogen-bond donors (Lipinski definition) is 0. The molecule has 2 unspecified atom stereocenters. The predicted molar refractivity (Wildman–Crippen MR) is 221 cm³/mol. The van der Waals surface area contributed by atoms with E-state index in [9.17, 15) is 0 Å². The van der Waals surface area contributed by atoms with E-state index in [-0.39, 0.29) is 5.41 Å². The molecule has 1 nitrogen and oxygen atoms in total. The Morgan fingerprint density at radius 3 is 1.90 bits per heavy atom. The SMILES string of the molecule is CC12CCCCC1N(c1ccc3c(c1)C(c1ccccc1)(c1ccccc1)c1ccccc1-3)c1ccc(-c3cccc(-c4ccc(Br)cc4)c3)cc12. The van der Waals surface area contributed by atoms with Crippen molar-refractivity contribution >= 4 is 27.3 Å². The zero-order valence-electron chi connectivity index (χ0n) is 29.4. The molecule has 0 saturated heterocycles. The van der Waals surface area contributed by atoms with Gasteiger partial charge in [0.05, 0.1) is 5.41 Å². The zero-order chi connectivity index (χ0) is 34.9. The van der Waals surface area contributed by atoms with Crippen LogP contribution in [-0.4, -0.2) is 6.04 Å². The van der Waals surface area contributed by atoms with Gasteiger partial charge < -0.3 is 4.90 Å². The van der Waals surface area contributed by atoms with Gasteiger partial charge >= 0.3 is 0 Å².